The Morgan fingerprint density at radius 2 is 1.77 bits per heavy atom. The van der Waals surface area contributed by atoms with Crippen LogP contribution in [0.1, 0.15) is 5.56 Å². The van der Waals surface area contributed by atoms with Crippen molar-refractivity contribution < 1.29 is 4.79 Å². The molecule has 1 aromatic heterocycles. The van der Waals surface area contributed by atoms with Gasteiger partial charge in [-0.2, -0.15) is 0 Å². The van der Waals surface area contributed by atoms with Crippen molar-refractivity contribution >= 4 is 34.2 Å². The first-order valence-corrected chi connectivity index (χ1v) is 8.65. The van der Waals surface area contributed by atoms with E-state index in [4.69, 9.17) is 11.6 Å². The maximum Gasteiger partial charge on any atom is 0.228 e. The highest BCUT2D eigenvalue weighted by Gasteiger charge is 2.07. The van der Waals surface area contributed by atoms with E-state index in [1.165, 1.54) is 0 Å². The van der Waals surface area contributed by atoms with E-state index in [9.17, 15) is 4.79 Å². The first-order chi connectivity index (χ1) is 12.7. The molecule has 1 heterocycles. The number of nitrogens with zero attached hydrogens (tertiary/aromatic N) is 1. The van der Waals surface area contributed by atoms with Crippen molar-refractivity contribution in [3.63, 3.8) is 0 Å². The summed E-state index contributed by atoms with van der Waals surface area (Å²) in [6.07, 6.45) is 0.354. The molecular formula is C21H16ClN3O. The second-order valence-corrected chi connectivity index (χ2v) is 6.47. The second kappa shape index (κ2) is 7.02. The predicted octanol–water partition coefficient (Wildman–Crippen LogP) is 5.06. The maximum atomic E-state index is 12.1. The number of H-pyrrole nitrogens is 1. The summed E-state index contributed by atoms with van der Waals surface area (Å²) in [5, 5.41) is 3.59. The van der Waals surface area contributed by atoms with E-state index in [-0.39, 0.29) is 5.91 Å². The smallest absolute Gasteiger partial charge is 0.228 e. The molecule has 128 valence electrons. The normalized spacial score (nSPS) is 10.8. The molecule has 0 unspecified atom stereocenters. The number of halogens is 1. The van der Waals surface area contributed by atoms with Gasteiger partial charge >= 0.3 is 0 Å². The lowest BCUT2D eigenvalue weighted by Crippen LogP contribution is -2.14. The molecule has 4 rings (SSSR count). The topological polar surface area (TPSA) is 57.8 Å². The van der Waals surface area contributed by atoms with Crippen molar-refractivity contribution in [2.45, 2.75) is 6.42 Å². The Morgan fingerprint density at radius 3 is 2.54 bits per heavy atom. The van der Waals surface area contributed by atoms with Gasteiger partial charge < -0.3 is 10.3 Å². The number of hydrogen-bond donors (Lipinski definition) is 2. The number of benzene rings is 3. The quantitative estimate of drug-likeness (QED) is 0.533. The fourth-order valence-electron chi connectivity index (χ4n) is 2.82. The van der Waals surface area contributed by atoms with Crippen molar-refractivity contribution in [2.24, 2.45) is 0 Å². The molecule has 5 heteroatoms. The minimum Gasteiger partial charge on any atom is -0.338 e. The van der Waals surface area contributed by atoms with Gasteiger partial charge in [-0.05, 0) is 48.0 Å². The van der Waals surface area contributed by atoms with Gasteiger partial charge in [0.15, 0.2) is 0 Å². The molecule has 0 bridgehead atoms. The molecule has 3 aromatic carbocycles. The second-order valence-electron chi connectivity index (χ2n) is 6.03. The van der Waals surface area contributed by atoms with E-state index in [1.54, 1.807) is 0 Å². The van der Waals surface area contributed by atoms with Crippen LogP contribution in [0.25, 0.3) is 22.4 Å². The molecule has 2 N–H and O–H groups in total. The predicted molar refractivity (Wildman–Crippen MR) is 105 cm³/mol. The van der Waals surface area contributed by atoms with E-state index >= 15 is 0 Å². The standard InChI is InChI=1S/C21H16ClN3O/c22-16-8-11-18-19(13-16)25-21(24-18)15-6-9-17(10-7-15)23-20(26)12-14-4-2-1-3-5-14/h1-11,13H,12H2,(H,23,26)(H,24,25). The Kier molecular flexibility index (Phi) is 4.42. The fraction of sp³-hybridized carbons (Fsp3) is 0.0476. The van der Waals surface area contributed by atoms with Crippen LogP contribution in [0.15, 0.2) is 72.8 Å². The average molecular weight is 362 g/mol. The number of rotatable bonds is 4. The first kappa shape index (κ1) is 16.4. The van der Waals surface area contributed by atoms with Gasteiger partial charge in [-0.3, -0.25) is 4.79 Å². The van der Waals surface area contributed by atoms with Gasteiger partial charge in [0.2, 0.25) is 5.91 Å². The number of hydrogen-bond acceptors (Lipinski definition) is 2. The van der Waals surface area contributed by atoms with E-state index in [0.717, 1.165) is 33.7 Å². The Balaban J connectivity index is 1.48. The lowest BCUT2D eigenvalue weighted by atomic mass is 10.1. The zero-order chi connectivity index (χ0) is 17.9. The molecule has 0 saturated heterocycles. The summed E-state index contributed by atoms with van der Waals surface area (Å²) in [5.41, 5.74) is 4.45. The third kappa shape index (κ3) is 3.60. The molecule has 4 aromatic rings. The van der Waals surface area contributed by atoms with Crippen LogP contribution < -0.4 is 5.32 Å². The molecule has 0 aliphatic rings. The number of aromatic nitrogens is 2. The zero-order valence-electron chi connectivity index (χ0n) is 13.9. The summed E-state index contributed by atoms with van der Waals surface area (Å²) in [6, 6.07) is 22.8. The van der Waals surface area contributed by atoms with Gasteiger partial charge in [0, 0.05) is 16.3 Å². The van der Waals surface area contributed by atoms with Gasteiger partial charge in [-0.15, -0.1) is 0 Å². The molecule has 0 aliphatic heterocycles. The molecule has 0 atom stereocenters. The van der Waals surface area contributed by atoms with Gasteiger partial charge in [0.1, 0.15) is 5.82 Å². The molecule has 1 amide bonds. The van der Waals surface area contributed by atoms with Crippen LogP contribution in [-0.4, -0.2) is 15.9 Å². The van der Waals surface area contributed by atoms with Crippen molar-refractivity contribution in [1.82, 2.24) is 9.97 Å². The van der Waals surface area contributed by atoms with E-state index in [1.807, 2.05) is 72.8 Å². The number of carbonyl (C=O) groups is 1. The summed E-state index contributed by atoms with van der Waals surface area (Å²) >= 11 is 6.01. The molecule has 4 nitrogen and oxygen atoms in total. The van der Waals surface area contributed by atoms with Crippen molar-refractivity contribution in [1.29, 1.82) is 0 Å². The van der Waals surface area contributed by atoms with E-state index < -0.39 is 0 Å². The SMILES string of the molecule is O=C(Cc1ccccc1)Nc1ccc(-c2nc3ccc(Cl)cc3[nH]2)cc1. The monoisotopic (exact) mass is 361 g/mol. The van der Waals surface area contributed by atoms with Crippen molar-refractivity contribution in [2.75, 3.05) is 5.32 Å². The summed E-state index contributed by atoms with van der Waals surface area (Å²) in [6.45, 7) is 0. The summed E-state index contributed by atoms with van der Waals surface area (Å²) in [4.78, 5) is 20.0. The third-order valence-electron chi connectivity index (χ3n) is 4.09. The Morgan fingerprint density at radius 1 is 1.00 bits per heavy atom. The van der Waals surface area contributed by atoms with Crippen LogP contribution >= 0.6 is 11.6 Å². The molecule has 0 spiro atoms. The number of aromatic amines is 1. The number of fused-ring (bicyclic) bond motifs is 1. The molecule has 0 saturated carbocycles. The number of nitrogens with one attached hydrogen (secondary N) is 2. The van der Waals surface area contributed by atoms with Crippen LogP contribution in [0.2, 0.25) is 5.02 Å². The number of anilines is 1. The summed E-state index contributed by atoms with van der Waals surface area (Å²) < 4.78 is 0. The third-order valence-corrected chi connectivity index (χ3v) is 4.33. The zero-order valence-corrected chi connectivity index (χ0v) is 14.6. The maximum absolute atomic E-state index is 12.1. The van der Waals surface area contributed by atoms with Crippen LogP contribution in [0, 0.1) is 0 Å². The van der Waals surface area contributed by atoms with Crippen molar-refractivity contribution in [3.05, 3.63) is 83.4 Å². The summed E-state index contributed by atoms with van der Waals surface area (Å²) in [7, 11) is 0. The fourth-order valence-corrected chi connectivity index (χ4v) is 2.99. The molecule has 0 fully saturated rings. The number of amides is 1. The highest BCUT2D eigenvalue weighted by molar-refractivity contribution is 6.31. The summed E-state index contributed by atoms with van der Waals surface area (Å²) in [5.74, 6) is 0.728. The highest BCUT2D eigenvalue weighted by atomic mass is 35.5. The van der Waals surface area contributed by atoms with Gasteiger partial charge in [-0.25, -0.2) is 4.98 Å². The first-order valence-electron chi connectivity index (χ1n) is 8.27. The van der Waals surface area contributed by atoms with Crippen LogP contribution in [0.4, 0.5) is 5.69 Å². The molecular weight excluding hydrogens is 346 g/mol. The largest absolute Gasteiger partial charge is 0.338 e. The molecule has 26 heavy (non-hydrogen) atoms. The minimum absolute atomic E-state index is 0.0395. The number of imidazole rings is 1. The molecule has 0 aliphatic carbocycles. The van der Waals surface area contributed by atoms with Crippen LogP contribution in [-0.2, 0) is 11.2 Å². The van der Waals surface area contributed by atoms with Gasteiger partial charge in [0.25, 0.3) is 0 Å². The van der Waals surface area contributed by atoms with Crippen LogP contribution in [0.3, 0.4) is 0 Å². The Bertz CT molecular complexity index is 1060. The Hall–Kier alpha value is -3.11. The molecule has 0 radical (unpaired) electrons. The number of carbonyl (C=O) groups excluding carboxylic acids is 1. The van der Waals surface area contributed by atoms with Crippen LogP contribution in [0.5, 0.6) is 0 Å². The highest BCUT2D eigenvalue weighted by Crippen LogP contribution is 2.24. The lowest BCUT2D eigenvalue weighted by molar-refractivity contribution is -0.115. The lowest BCUT2D eigenvalue weighted by Gasteiger charge is -2.06. The Labute approximate surface area is 155 Å². The van der Waals surface area contributed by atoms with E-state index in [2.05, 4.69) is 15.3 Å². The minimum atomic E-state index is -0.0395. The average Bonchev–Trinajstić information content (AvgIpc) is 3.06. The van der Waals surface area contributed by atoms with Crippen molar-refractivity contribution in [3.8, 4) is 11.4 Å². The van der Waals surface area contributed by atoms with Gasteiger partial charge in [0.05, 0.1) is 17.5 Å². The van der Waals surface area contributed by atoms with E-state index in [0.29, 0.717) is 11.4 Å². The van der Waals surface area contributed by atoms with Gasteiger partial charge in [-0.1, -0.05) is 41.9 Å².